The Labute approximate surface area is 398 Å². The van der Waals surface area contributed by atoms with Crippen LogP contribution in [0.25, 0.3) is 22.0 Å². The smallest absolute Gasteiger partial charge is 0.420 e. The fourth-order valence-electron chi connectivity index (χ4n) is 9.97. The number of methoxy groups -OCH3 is 1. The second-order valence-corrected chi connectivity index (χ2v) is 22.0. The van der Waals surface area contributed by atoms with Crippen molar-refractivity contribution in [2.75, 3.05) is 81.8 Å². The molecule has 3 fully saturated rings. The van der Waals surface area contributed by atoms with Crippen molar-refractivity contribution in [1.29, 1.82) is 0 Å². The lowest BCUT2D eigenvalue weighted by atomic mass is 9.99. The van der Waals surface area contributed by atoms with Gasteiger partial charge >= 0.3 is 5.76 Å². The number of benzene rings is 3. The summed E-state index contributed by atoms with van der Waals surface area (Å²) in [4.78, 5) is 59.1. The van der Waals surface area contributed by atoms with Gasteiger partial charge in [-0.1, -0.05) is 32.0 Å². The molecule has 3 N–H and O–H groups in total. The van der Waals surface area contributed by atoms with Crippen LogP contribution in [-0.4, -0.2) is 113 Å². The quantitative estimate of drug-likeness (QED) is 0.0727. The molecule has 1 unspecified atom stereocenters. The fraction of sp³-hybridized carbons (Fsp3) is 0.429. The molecule has 3 aliphatic heterocycles. The van der Waals surface area contributed by atoms with Crippen molar-refractivity contribution in [1.82, 2.24) is 34.6 Å². The van der Waals surface area contributed by atoms with Gasteiger partial charge in [0.1, 0.15) is 24.8 Å². The van der Waals surface area contributed by atoms with Crippen LogP contribution in [0.4, 0.5) is 28.8 Å². The molecule has 0 radical (unpaired) electrons. The monoisotopic (exact) mass is 992 g/mol. The number of aromatic nitrogens is 4. The first-order valence-electron chi connectivity index (χ1n) is 23.3. The molecule has 3 saturated heterocycles. The summed E-state index contributed by atoms with van der Waals surface area (Å²) < 4.78 is 27.5. The second kappa shape index (κ2) is 19.5. The van der Waals surface area contributed by atoms with Crippen LogP contribution in [0.15, 0.2) is 74.5 Å². The van der Waals surface area contributed by atoms with E-state index in [0.717, 1.165) is 111 Å². The number of piperidine rings is 2. The molecule has 18 heteroatoms. The number of nitrogens with zero attached hydrogens (tertiary/aromatic N) is 7. The molecule has 9 rings (SSSR count). The standard InChI is InChI=1S/C49H58BrN10O6P/c1-6-30-27-38(54-48-51-29-35(50)46(56-48)53-37-14-13-36-34(45(37)67(4,5)64)12-11-32(7-2)52-36)42(65-3)28-41(30)59-21-18-33(19-22-59)58-25-23-57(24-26-58)20-17-31-9-8-10-39-44(31)66-49(63)60(39)40-15-16-43(61)55-47(40)62/h8-14,27-29,33,40H,6-7,15-26H2,1-5H3,(H,55,61,62)(H2,51,53,54,56). The Balaban J connectivity index is 0.816. The van der Waals surface area contributed by atoms with Gasteiger partial charge < -0.3 is 34.2 Å². The Bertz CT molecular complexity index is 2950. The molecule has 6 heterocycles. The third-order valence-electron chi connectivity index (χ3n) is 13.5. The maximum atomic E-state index is 13.7. The number of rotatable bonds is 14. The Morgan fingerprint density at radius 2 is 1.69 bits per heavy atom. The topological polar surface area (TPSA) is 180 Å². The number of aryl methyl sites for hydroxylation is 2. The number of piperazine rings is 1. The van der Waals surface area contributed by atoms with Crippen molar-refractivity contribution in [3.05, 3.63) is 92.6 Å². The normalized spacial score (nSPS) is 17.9. The molecule has 16 nitrogen and oxygen atoms in total. The number of pyridine rings is 1. The fourth-order valence-corrected chi connectivity index (χ4v) is 11.7. The summed E-state index contributed by atoms with van der Waals surface area (Å²) in [5.41, 5.74) is 7.71. The lowest BCUT2D eigenvalue weighted by molar-refractivity contribution is -0.135. The first-order chi connectivity index (χ1) is 32.3. The molecular formula is C49H58BrN10O6P. The van der Waals surface area contributed by atoms with Crippen molar-refractivity contribution in [2.24, 2.45) is 0 Å². The molecule has 3 aliphatic rings. The number of nitrogens with one attached hydrogen (secondary N) is 3. The minimum Gasteiger partial charge on any atom is -0.494 e. The molecule has 1 atom stereocenters. The average Bonchev–Trinajstić information content (AvgIpc) is 3.67. The van der Waals surface area contributed by atoms with Crippen LogP contribution >= 0.6 is 23.1 Å². The van der Waals surface area contributed by atoms with Gasteiger partial charge in [-0.05, 0) is 109 Å². The molecule has 0 bridgehead atoms. The molecule has 0 spiro atoms. The minimum absolute atomic E-state index is 0.188. The average molecular weight is 994 g/mol. The molecule has 2 amide bonds. The van der Waals surface area contributed by atoms with Gasteiger partial charge in [-0.3, -0.25) is 29.4 Å². The first kappa shape index (κ1) is 46.5. The number of amides is 2. The van der Waals surface area contributed by atoms with Gasteiger partial charge in [0, 0.05) is 92.6 Å². The molecule has 0 saturated carbocycles. The van der Waals surface area contributed by atoms with Gasteiger partial charge in [-0.25, -0.2) is 9.78 Å². The van der Waals surface area contributed by atoms with Gasteiger partial charge in [0.05, 0.1) is 34.0 Å². The molecule has 0 aliphatic carbocycles. The molecule has 67 heavy (non-hydrogen) atoms. The van der Waals surface area contributed by atoms with Crippen LogP contribution < -0.4 is 36.6 Å². The van der Waals surface area contributed by atoms with E-state index in [2.05, 4.69) is 77.5 Å². The van der Waals surface area contributed by atoms with E-state index in [1.165, 1.54) is 15.8 Å². The SMILES string of the molecule is CCc1ccc2c(P(C)(C)=O)c(Nc3nc(Nc4cc(CC)c(N5CCC(N6CCN(CCc7cccc8c7oc(=O)n8C7CCC(=O)NC7=O)CC6)CC5)cc4OC)ncc3Br)ccc2n1. The van der Waals surface area contributed by atoms with E-state index in [1.54, 1.807) is 32.7 Å². The zero-order valence-corrected chi connectivity index (χ0v) is 41.2. The van der Waals surface area contributed by atoms with Gasteiger partial charge in [0.15, 0.2) is 5.58 Å². The molecule has 3 aromatic carbocycles. The summed E-state index contributed by atoms with van der Waals surface area (Å²) in [5.74, 6) is 0.260. The van der Waals surface area contributed by atoms with Crippen LogP contribution in [0.2, 0.25) is 0 Å². The minimum atomic E-state index is -2.74. The number of imide groups is 1. The first-order valence-corrected chi connectivity index (χ1v) is 26.6. The van der Waals surface area contributed by atoms with E-state index in [1.807, 2.05) is 36.4 Å². The number of fused-ring (bicyclic) bond motifs is 2. The third kappa shape index (κ3) is 9.74. The van der Waals surface area contributed by atoms with Gasteiger partial charge in [-0.2, -0.15) is 4.98 Å². The number of carbonyl (C=O) groups is 2. The van der Waals surface area contributed by atoms with E-state index >= 15 is 0 Å². The molecule has 6 aromatic rings. The van der Waals surface area contributed by atoms with Crippen LogP contribution in [0.1, 0.15) is 62.4 Å². The maximum absolute atomic E-state index is 13.7. The Morgan fingerprint density at radius 3 is 2.40 bits per heavy atom. The summed E-state index contributed by atoms with van der Waals surface area (Å²) in [6.45, 7) is 14.5. The van der Waals surface area contributed by atoms with Gasteiger partial charge in [0.2, 0.25) is 17.8 Å². The van der Waals surface area contributed by atoms with Crippen LogP contribution in [0.3, 0.4) is 0 Å². The molecule has 3 aromatic heterocycles. The summed E-state index contributed by atoms with van der Waals surface area (Å²) >= 11 is 3.63. The van der Waals surface area contributed by atoms with Crippen LogP contribution in [0.5, 0.6) is 5.75 Å². The second-order valence-electron chi connectivity index (χ2n) is 18.0. The number of carbonyl (C=O) groups excluding carboxylic acids is 2. The Hall–Kier alpha value is -5.61. The number of ether oxygens (including phenoxy) is 1. The number of hydrogen-bond acceptors (Lipinski definition) is 14. The Morgan fingerprint density at radius 1 is 0.896 bits per heavy atom. The van der Waals surface area contributed by atoms with Gasteiger partial charge in [0.25, 0.3) is 0 Å². The lowest BCUT2D eigenvalue weighted by Crippen LogP contribution is -2.53. The predicted molar refractivity (Wildman–Crippen MR) is 268 cm³/mol. The number of para-hydroxylation sites is 1. The summed E-state index contributed by atoms with van der Waals surface area (Å²) in [6, 6.07) is 17.6. The number of hydrogen-bond donors (Lipinski definition) is 3. The largest absolute Gasteiger partial charge is 0.494 e. The van der Waals surface area contributed by atoms with Crippen LogP contribution in [0, 0.1) is 0 Å². The van der Waals surface area contributed by atoms with E-state index in [9.17, 15) is 18.9 Å². The third-order valence-corrected chi connectivity index (χ3v) is 15.6. The van der Waals surface area contributed by atoms with Crippen LogP contribution in [-0.2, 0) is 33.4 Å². The maximum Gasteiger partial charge on any atom is 0.420 e. The number of anilines is 5. The van der Waals surface area contributed by atoms with E-state index in [4.69, 9.17) is 19.1 Å². The Kier molecular flexibility index (Phi) is 13.6. The zero-order chi connectivity index (χ0) is 47.0. The lowest BCUT2D eigenvalue weighted by Gasteiger charge is -2.43. The highest BCUT2D eigenvalue weighted by molar-refractivity contribution is 9.10. The highest BCUT2D eigenvalue weighted by Crippen LogP contribution is 2.42. The van der Waals surface area contributed by atoms with Crippen molar-refractivity contribution in [3.8, 4) is 5.75 Å². The van der Waals surface area contributed by atoms with Gasteiger partial charge in [-0.15, -0.1) is 0 Å². The van der Waals surface area contributed by atoms with Crippen molar-refractivity contribution < 1.29 is 23.3 Å². The highest BCUT2D eigenvalue weighted by atomic mass is 79.9. The van der Waals surface area contributed by atoms with E-state index < -0.39 is 24.8 Å². The number of halogens is 1. The summed E-state index contributed by atoms with van der Waals surface area (Å²) in [7, 11) is -1.06. The molecule has 352 valence electrons. The van der Waals surface area contributed by atoms with Crippen molar-refractivity contribution in [2.45, 2.75) is 70.9 Å². The summed E-state index contributed by atoms with van der Waals surface area (Å²) in [5, 5.41) is 10.8. The highest BCUT2D eigenvalue weighted by Gasteiger charge is 2.33. The summed E-state index contributed by atoms with van der Waals surface area (Å²) in [6.07, 6.45) is 6.68. The zero-order valence-electron chi connectivity index (χ0n) is 38.7. The predicted octanol–water partition coefficient (Wildman–Crippen LogP) is 7.37. The molecular weight excluding hydrogens is 935 g/mol. The van der Waals surface area contributed by atoms with E-state index in [-0.39, 0.29) is 18.7 Å². The van der Waals surface area contributed by atoms with Crippen molar-refractivity contribution in [3.63, 3.8) is 0 Å². The van der Waals surface area contributed by atoms with Crippen molar-refractivity contribution >= 4 is 91.0 Å². The van der Waals surface area contributed by atoms with E-state index in [0.29, 0.717) is 44.8 Å². The number of oxazole rings is 1.